The Kier molecular flexibility index (Phi) is 3.08. The number of likely N-dealkylation sites (N-methyl/N-ethyl adjacent to an activating group) is 1. The monoisotopic (exact) mass is 204 g/mol. The summed E-state index contributed by atoms with van der Waals surface area (Å²) in [6.45, 7) is 3.88. The van der Waals surface area contributed by atoms with Crippen molar-refractivity contribution in [3.63, 3.8) is 0 Å². The standard InChI is InChI=1S/C13H20N2/c1-2-15-13(10-14)8-7-11-5-3-4-6-12(11)9-13/h3-6,15H,2,7-10,14H2,1H3. The van der Waals surface area contributed by atoms with E-state index < -0.39 is 0 Å². The lowest BCUT2D eigenvalue weighted by Gasteiger charge is -2.38. The number of aryl methyl sites for hydroxylation is 1. The Morgan fingerprint density at radius 1 is 1.33 bits per heavy atom. The van der Waals surface area contributed by atoms with E-state index >= 15 is 0 Å². The highest BCUT2D eigenvalue weighted by molar-refractivity contribution is 5.32. The second-order valence-corrected chi connectivity index (χ2v) is 4.46. The number of rotatable bonds is 3. The molecule has 1 unspecified atom stereocenters. The van der Waals surface area contributed by atoms with Crippen LogP contribution in [0.25, 0.3) is 0 Å². The smallest absolute Gasteiger partial charge is 0.0347 e. The van der Waals surface area contributed by atoms with Crippen LogP contribution in [0.5, 0.6) is 0 Å². The van der Waals surface area contributed by atoms with Crippen LogP contribution >= 0.6 is 0 Å². The summed E-state index contributed by atoms with van der Waals surface area (Å²) >= 11 is 0. The van der Waals surface area contributed by atoms with Crippen LogP contribution in [-0.4, -0.2) is 18.6 Å². The molecule has 0 spiro atoms. The first-order valence-corrected chi connectivity index (χ1v) is 5.81. The molecule has 0 saturated heterocycles. The maximum Gasteiger partial charge on any atom is 0.0347 e. The largest absolute Gasteiger partial charge is 0.329 e. The van der Waals surface area contributed by atoms with Gasteiger partial charge >= 0.3 is 0 Å². The topological polar surface area (TPSA) is 38.0 Å². The minimum absolute atomic E-state index is 0.142. The normalized spacial score (nSPS) is 24.9. The first-order valence-electron chi connectivity index (χ1n) is 5.81. The maximum absolute atomic E-state index is 5.92. The summed E-state index contributed by atoms with van der Waals surface area (Å²) in [4.78, 5) is 0. The molecule has 0 radical (unpaired) electrons. The van der Waals surface area contributed by atoms with Crippen LogP contribution in [0, 0.1) is 0 Å². The van der Waals surface area contributed by atoms with Gasteiger partial charge in [-0.1, -0.05) is 31.2 Å². The van der Waals surface area contributed by atoms with Gasteiger partial charge in [-0.2, -0.15) is 0 Å². The number of hydrogen-bond donors (Lipinski definition) is 2. The second-order valence-electron chi connectivity index (χ2n) is 4.46. The van der Waals surface area contributed by atoms with Crippen LogP contribution in [0.4, 0.5) is 0 Å². The molecule has 2 heteroatoms. The Labute approximate surface area is 91.9 Å². The molecule has 0 fully saturated rings. The molecule has 1 aromatic rings. The molecule has 0 amide bonds. The van der Waals surface area contributed by atoms with Crippen molar-refractivity contribution in [3.8, 4) is 0 Å². The van der Waals surface area contributed by atoms with Crippen molar-refractivity contribution >= 4 is 0 Å². The zero-order valence-electron chi connectivity index (χ0n) is 9.42. The number of fused-ring (bicyclic) bond motifs is 1. The van der Waals surface area contributed by atoms with Gasteiger partial charge in [-0.15, -0.1) is 0 Å². The van der Waals surface area contributed by atoms with Gasteiger partial charge in [0.2, 0.25) is 0 Å². The molecule has 0 bridgehead atoms. The molecule has 82 valence electrons. The molecule has 1 aliphatic carbocycles. The number of benzene rings is 1. The Morgan fingerprint density at radius 3 is 2.73 bits per heavy atom. The number of nitrogens with two attached hydrogens (primary N) is 1. The molecular formula is C13H20N2. The quantitative estimate of drug-likeness (QED) is 0.782. The fourth-order valence-electron chi connectivity index (χ4n) is 2.57. The van der Waals surface area contributed by atoms with Crippen LogP contribution in [0.15, 0.2) is 24.3 Å². The van der Waals surface area contributed by atoms with Crippen LogP contribution < -0.4 is 11.1 Å². The van der Waals surface area contributed by atoms with E-state index in [4.69, 9.17) is 5.73 Å². The molecule has 3 N–H and O–H groups in total. The molecule has 15 heavy (non-hydrogen) atoms. The SMILES string of the molecule is CCNC1(CN)CCc2ccccc2C1. The summed E-state index contributed by atoms with van der Waals surface area (Å²) in [6, 6.07) is 8.72. The average Bonchev–Trinajstić information content (AvgIpc) is 2.29. The molecule has 0 saturated carbocycles. The van der Waals surface area contributed by atoms with Crippen molar-refractivity contribution in [2.75, 3.05) is 13.1 Å². The minimum Gasteiger partial charge on any atom is -0.329 e. The highest BCUT2D eigenvalue weighted by atomic mass is 15.0. The molecular weight excluding hydrogens is 184 g/mol. The maximum atomic E-state index is 5.92. The predicted octanol–water partition coefficient (Wildman–Crippen LogP) is 1.48. The van der Waals surface area contributed by atoms with Gasteiger partial charge in [-0.05, 0) is 36.9 Å². The third-order valence-electron chi connectivity index (χ3n) is 3.46. The van der Waals surface area contributed by atoms with Gasteiger partial charge < -0.3 is 11.1 Å². The Hall–Kier alpha value is -0.860. The first-order chi connectivity index (χ1) is 7.29. The van der Waals surface area contributed by atoms with Crippen LogP contribution in [0.3, 0.4) is 0 Å². The molecule has 0 aromatic heterocycles. The third kappa shape index (κ3) is 2.06. The second kappa shape index (κ2) is 4.33. The highest BCUT2D eigenvalue weighted by Crippen LogP contribution is 2.27. The van der Waals surface area contributed by atoms with Gasteiger partial charge in [0.25, 0.3) is 0 Å². The number of nitrogens with one attached hydrogen (secondary N) is 1. The summed E-state index contributed by atoms with van der Waals surface area (Å²) in [7, 11) is 0. The Morgan fingerprint density at radius 2 is 2.07 bits per heavy atom. The minimum atomic E-state index is 0.142. The zero-order valence-corrected chi connectivity index (χ0v) is 9.42. The van der Waals surface area contributed by atoms with E-state index in [1.807, 2.05) is 0 Å². The zero-order chi connectivity index (χ0) is 10.7. The molecule has 2 rings (SSSR count). The Balaban J connectivity index is 2.22. The Bertz CT molecular complexity index is 335. The number of hydrogen-bond acceptors (Lipinski definition) is 2. The van der Waals surface area contributed by atoms with Crippen molar-refractivity contribution in [1.29, 1.82) is 0 Å². The van der Waals surface area contributed by atoms with Gasteiger partial charge in [-0.25, -0.2) is 0 Å². The lowest BCUT2D eigenvalue weighted by molar-refractivity contribution is 0.300. The summed E-state index contributed by atoms with van der Waals surface area (Å²) in [6.07, 6.45) is 3.39. The van der Waals surface area contributed by atoms with Crippen molar-refractivity contribution in [2.45, 2.75) is 31.7 Å². The van der Waals surface area contributed by atoms with Crippen molar-refractivity contribution in [2.24, 2.45) is 5.73 Å². The van der Waals surface area contributed by atoms with Gasteiger partial charge in [-0.3, -0.25) is 0 Å². The lowest BCUT2D eigenvalue weighted by Crippen LogP contribution is -2.54. The fourth-order valence-corrected chi connectivity index (χ4v) is 2.57. The van der Waals surface area contributed by atoms with E-state index in [0.717, 1.165) is 32.4 Å². The van der Waals surface area contributed by atoms with Crippen molar-refractivity contribution < 1.29 is 0 Å². The van der Waals surface area contributed by atoms with Crippen molar-refractivity contribution in [1.82, 2.24) is 5.32 Å². The molecule has 1 aromatic carbocycles. The molecule has 2 nitrogen and oxygen atoms in total. The van der Waals surface area contributed by atoms with E-state index in [1.54, 1.807) is 0 Å². The van der Waals surface area contributed by atoms with E-state index in [2.05, 4.69) is 36.5 Å². The molecule has 0 heterocycles. The molecule has 0 aliphatic heterocycles. The highest BCUT2D eigenvalue weighted by Gasteiger charge is 2.31. The van der Waals surface area contributed by atoms with Gasteiger partial charge in [0.15, 0.2) is 0 Å². The summed E-state index contributed by atoms with van der Waals surface area (Å²) in [5.74, 6) is 0. The summed E-state index contributed by atoms with van der Waals surface area (Å²) < 4.78 is 0. The van der Waals surface area contributed by atoms with Crippen LogP contribution in [-0.2, 0) is 12.8 Å². The first kappa shape index (κ1) is 10.7. The van der Waals surface area contributed by atoms with Gasteiger partial charge in [0.1, 0.15) is 0 Å². The average molecular weight is 204 g/mol. The fraction of sp³-hybridized carbons (Fsp3) is 0.538. The van der Waals surface area contributed by atoms with E-state index in [-0.39, 0.29) is 5.54 Å². The predicted molar refractivity (Wildman–Crippen MR) is 63.9 cm³/mol. The van der Waals surface area contributed by atoms with Gasteiger partial charge in [0, 0.05) is 12.1 Å². The summed E-state index contributed by atoms with van der Waals surface area (Å²) in [5.41, 5.74) is 9.03. The van der Waals surface area contributed by atoms with E-state index in [0.29, 0.717) is 0 Å². The molecule has 1 aliphatic rings. The van der Waals surface area contributed by atoms with E-state index in [9.17, 15) is 0 Å². The molecule has 1 atom stereocenters. The lowest BCUT2D eigenvalue weighted by atomic mass is 9.78. The van der Waals surface area contributed by atoms with Crippen LogP contribution in [0.1, 0.15) is 24.5 Å². The van der Waals surface area contributed by atoms with Crippen LogP contribution in [0.2, 0.25) is 0 Å². The van der Waals surface area contributed by atoms with Gasteiger partial charge in [0.05, 0.1) is 0 Å². The third-order valence-corrected chi connectivity index (χ3v) is 3.46. The van der Waals surface area contributed by atoms with Crippen molar-refractivity contribution in [3.05, 3.63) is 35.4 Å². The van der Waals surface area contributed by atoms with E-state index in [1.165, 1.54) is 11.1 Å². The summed E-state index contributed by atoms with van der Waals surface area (Å²) in [5, 5.41) is 3.56.